The molecule has 1 unspecified atom stereocenters. The van der Waals surface area contributed by atoms with E-state index < -0.39 is 27.5 Å². The van der Waals surface area contributed by atoms with E-state index >= 15 is 0 Å². The smallest absolute Gasteiger partial charge is 0.355 e. The third-order valence-corrected chi connectivity index (χ3v) is 6.80. The minimum Gasteiger partial charge on any atom is -0.355 e. The summed E-state index contributed by atoms with van der Waals surface area (Å²) in [5.41, 5.74) is -0.389. The van der Waals surface area contributed by atoms with E-state index in [-0.39, 0.29) is 28.9 Å². The van der Waals surface area contributed by atoms with Crippen molar-refractivity contribution in [3.63, 3.8) is 0 Å². The molecular formula is C20H22F3N3O3S. The summed E-state index contributed by atoms with van der Waals surface area (Å²) in [5, 5.41) is 2.72. The Hall–Kier alpha value is -2.62. The highest BCUT2D eigenvalue weighted by Gasteiger charge is 2.37. The maximum absolute atomic E-state index is 13.3. The molecule has 1 atom stereocenters. The van der Waals surface area contributed by atoms with Crippen LogP contribution in [0.4, 0.5) is 24.7 Å². The Labute approximate surface area is 173 Å². The number of hydrogen-bond donors (Lipinski definition) is 1. The number of pyridine rings is 1. The van der Waals surface area contributed by atoms with Crippen molar-refractivity contribution in [1.29, 1.82) is 0 Å². The van der Waals surface area contributed by atoms with Gasteiger partial charge in [-0.2, -0.15) is 13.2 Å². The second kappa shape index (κ2) is 8.63. The van der Waals surface area contributed by atoms with E-state index in [2.05, 4.69) is 10.3 Å². The van der Waals surface area contributed by atoms with Crippen molar-refractivity contribution in [1.82, 2.24) is 4.98 Å². The Kier molecular flexibility index (Phi) is 6.35. The summed E-state index contributed by atoms with van der Waals surface area (Å²) in [6.07, 6.45) is -2.13. The summed E-state index contributed by atoms with van der Waals surface area (Å²) in [6.45, 7) is 2.05. The summed E-state index contributed by atoms with van der Waals surface area (Å²) >= 11 is 0. The van der Waals surface area contributed by atoms with Crippen LogP contribution in [0.3, 0.4) is 0 Å². The second-order valence-electron chi connectivity index (χ2n) is 7.07. The summed E-state index contributed by atoms with van der Waals surface area (Å²) in [7, 11) is -3.34. The normalized spacial score (nSPS) is 17.6. The lowest BCUT2D eigenvalue weighted by Gasteiger charge is -2.34. The van der Waals surface area contributed by atoms with Crippen molar-refractivity contribution < 1.29 is 26.4 Å². The fourth-order valence-corrected chi connectivity index (χ4v) is 4.29. The number of aromatic nitrogens is 1. The predicted octanol–water partition coefficient (Wildman–Crippen LogP) is 3.75. The molecule has 0 aliphatic carbocycles. The van der Waals surface area contributed by atoms with Gasteiger partial charge >= 0.3 is 6.18 Å². The number of carbonyl (C=O) groups excluding carboxylic acids is 1. The van der Waals surface area contributed by atoms with Gasteiger partial charge in [-0.3, -0.25) is 4.79 Å². The first kappa shape index (κ1) is 22.1. The lowest BCUT2D eigenvalue weighted by atomic mass is 9.96. The molecule has 0 spiro atoms. The first-order valence-corrected chi connectivity index (χ1v) is 11.2. The van der Waals surface area contributed by atoms with Gasteiger partial charge in [0.05, 0.1) is 22.1 Å². The van der Waals surface area contributed by atoms with Gasteiger partial charge in [-0.05, 0) is 49.2 Å². The number of carbonyl (C=O) groups is 1. The first-order chi connectivity index (χ1) is 14.1. The van der Waals surface area contributed by atoms with Crippen LogP contribution in [0, 0.1) is 5.92 Å². The summed E-state index contributed by atoms with van der Waals surface area (Å²) in [4.78, 5) is 18.2. The van der Waals surface area contributed by atoms with Crippen LogP contribution >= 0.6 is 0 Å². The maximum atomic E-state index is 13.3. The highest BCUT2D eigenvalue weighted by Crippen LogP contribution is 2.36. The lowest BCUT2D eigenvalue weighted by molar-refractivity contribution is -0.137. The van der Waals surface area contributed by atoms with Gasteiger partial charge in [0.15, 0.2) is 9.84 Å². The van der Waals surface area contributed by atoms with Crippen molar-refractivity contribution in [2.75, 3.05) is 29.1 Å². The number of alkyl halides is 3. The molecule has 3 rings (SSSR count). The number of halogens is 3. The van der Waals surface area contributed by atoms with Crippen LogP contribution in [0.1, 0.15) is 25.3 Å². The second-order valence-corrected chi connectivity index (χ2v) is 9.35. The topological polar surface area (TPSA) is 79.4 Å². The molecule has 0 bridgehead atoms. The zero-order valence-electron chi connectivity index (χ0n) is 16.3. The van der Waals surface area contributed by atoms with Crippen LogP contribution in [0.2, 0.25) is 0 Å². The molecule has 0 saturated carbocycles. The van der Waals surface area contributed by atoms with E-state index in [1.165, 1.54) is 41.4 Å². The van der Waals surface area contributed by atoms with Gasteiger partial charge in [0, 0.05) is 25.0 Å². The molecule has 30 heavy (non-hydrogen) atoms. The average molecular weight is 441 g/mol. The Balaban J connectivity index is 1.71. The molecule has 6 nitrogen and oxygen atoms in total. The molecule has 1 N–H and O–H groups in total. The molecule has 1 aliphatic heterocycles. The minimum atomic E-state index is -4.53. The SMILES string of the molecule is CCS(=O)(=O)c1ccc(NC(=O)C2CCCN(c3ncccc3C(F)(F)F)C2)cc1. The third-order valence-electron chi connectivity index (χ3n) is 5.04. The summed E-state index contributed by atoms with van der Waals surface area (Å²) < 4.78 is 63.6. The number of benzene rings is 1. The zero-order chi connectivity index (χ0) is 21.9. The fourth-order valence-electron chi connectivity index (χ4n) is 3.41. The van der Waals surface area contributed by atoms with Gasteiger partial charge in [-0.25, -0.2) is 13.4 Å². The molecule has 0 radical (unpaired) electrons. The maximum Gasteiger partial charge on any atom is 0.419 e. The van der Waals surface area contributed by atoms with Gasteiger partial charge in [0.25, 0.3) is 0 Å². The average Bonchev–Trinajstić information content (AvgIpc) is 2.73. The van der Waals surface area contributed by atoms with Crippen LogP contribution in [0.15, 0.2) is 47.5 Å². The zero-order valence-corrected chi connectivity index (χ0v) is 17.1. The highest BCUT2D eigenvalue weighted by atomic mass is 32.2. The van der Waals surface area contributed by atoms with Gasteiger partial charge < -0.3 is 10.2 Å². The Morgan fingerprint density at radius 3 is 2.57 bits per heavy atom. The molecule has 1 saturated heterocycles. The van der Waals surface area contributed by atoms with E-state index in [1.54, 1.807) is 6.92 Å². The van der Waals surface area contributed by atoms with Crippen molar-refractivity contribution in [2.45, 2.75) is 30.8 Å². The van der Waals surface area contributed by atoms with Gasteiger partial charge in [-0.15, -0.1) is 0 Å². The van der Waals surface area contributed by atoms with E-state index in [9.17, 15) is 26.4 Å². The quantitative estimate of drug-likeness (QED) is 0.765. The Morgan fingerprint density at radius 1 is 1.23 bits per heavy atom. The number of hydrogen-bond acceptors (Lipinski definition) is 5. The predicted molar refractivity (Wildman–Crippen MR) is 107 cm³/mol. The van der Waals surface area contributed by atoms with Gasteiger partial charge in [0.1, 0.15) is 5.82 Å². The van der Waals surface area contributed by atoms with Crippen LogP contribution in [0.25, 0.3) is 0 Å². The molecule has 1 aliphatic rings. The lowest BCUT2D eigenvalue weighted by Crippen LogP contribution is -2.42. The number of piperidine rings is 1. The molecular weight excluding hydrogens is 419 g/mol. The fraction of sp³-hybridized carbons (Fsp3) is 0.400. The molecule has 2 heterocycles. The molecule has 1 amide bonds. The number of anilines is 2. The minimum absolute atomic E-state index is 0.0238. The number of nitrogens with one attached hydrogen (secondary N) is 1. The van der Waals surface area contributed by atoms with E-state index in [1.807, 2.05) is 0 Å². The first-order valence-electron chi connectivity index (χ1n) is 9.52. The number of nitrogens with zero attached hydrogens (tertiary/aromatic N) is 2. The molecule has 162 valence electrons. The largest absolute Gasteiger partial charge is 0.419 e. The molecule has 1 fully saturated rings. The molecule has 1 aromatic heterocycles. The van der Waals surface area contributed by atoms with E-state index in [4.69, 9.17) is 0 Å². The molecule has 2 aromatic rings. The number of sulfone groups is 1. The molecule has 10 heteroatoms. The summed E-state index contributed by atoms with van der Waals surface area (Å²) in [6, 6.07) is 8.07. The van der Waals surface area contributed by atoms with Crippen LogP contribution in [-0.4, -0.2) is 38.2 Å². The highest BCUT2D eigenvalue weighted by molar-refractivity contribution is 7.91. The van der Waals surface area contributed by atoms with E-state index in [0.29, 0.717) is 25.1 Å². The summed E-state index contributed by atoms with van der Waals surface area (Å²) in [5.74, 6) is -1.03. The number of rotatable bonds is 5. The van der Waals surface area contributed by atoms with Gasteiger partial charge in [0.2, 0.25) is 5.91 Å². The van der Waals surface area contributed by atoms with E-state index in [0.717, 1.165) is 6.07 Å². The Bertz CT molecular complexity index is 1010. The van der Waals surface area contributed by atoms with Crippen molar-refractivity contribution in [3.8, 4) is 0 Å². The molecule has 1 aromatic carbocycles. The third kappa shape index (κ3) is 4.92. The van der Waals surface area contributed by atoms with Crippen LogP contribution in [-0.2, 0) is 20.8 Å². The van der Waals surface area contributed by atoms with Crippen LogP contribution in [0.5, 0.6) is 0 Å². The van der Waals surface area contributed by atoms with Gasteiger partial charge in [-0.1, -0.05) is 6.92 Å². The number of amides is 1. The standard InChI is InChI=1S/C20H22F3N3O3S/c1-2-30(28,29)16-9-7-15(8-10-16)25-19(27)14-5-4-12-26(13-14)18-17(20(21,22)23)6-3-11-24-18/h3,6-11,14H,2,4-5,12-13H2,1H3,(H,25,27). The van der Waals surface area contributed by atoms with Crippen LogP contribution < -0.4 is 10.2 Å². The van der Waals surface area contributed by atoms with Crippen molar-refractivity contribution in [2.24, 2.45) is 5.92 Å². The Morgan fingerprint density at radius 2 is 1.93 bits per heavy atom. The van der Waals surface area contributed by atoms with Crippen molar-refractivity contribution >= 4 is 27.2 Å². The monoisotopic (exact) mass is 441 g/mol. The van der Waals surface area contributed by atoms with Crippen molar-refractivity contribution in [3.05, 3.63) is 48.2 Å².